The molecular formula is C13H18ClNOS. The van der Waals surface area contributed by atoms with Crippen molar-refractivity contribution in [2.24, 2.45) is 0 Å². The number of ether oxygens (including phenoxy) is 1. The Morgan fingerprint density at radius 2 is 2.35 bits per heavy atom. The van der Waals surface area contributed by atoms with E-state index in [0.29, 0.717) is 18.2 Å². The predicted octanol–water partition coefficient (Wildman–Crippen LogP) is 3.55. The third-order valence-corrected chi connectivity index (χ3v) is 5.21. The molecular weight excluding hydrogens is 254 g/mol. The van der Waals surface area contributed by atoms with Crippen molar-refractivity contribution < 1.29 is 4.74 Å². The van der Waals surface area contributed by atoms with Crippen molar-refractivity contribution in [1.82, 2.24) is 5.32 Å². The Morgan fingerprint density at radius 3 is 3.12 bits per heavy atom. The summed E-state index contributed by atoms with van der Waals surface area (Å²) >= 11 is 7.87. The Morgan fingerprint density at radius 1 is 1.47 bits per heavy atom. The summed E-state index contributed by atoms with van der Waals surface area (Å²) < 4.78 is 6.54. The van der Waals surface area contributed by atoms with E-state index in [1.807, 2.05) is 0 Å². The minimum Gasteiger partial charge on any atom is -0.377 e. The molecule has 1 aliphatic carbocycles. The van der Waals surface area contributed by atoms with Gasteiger partial charge in [-0.2, -0.15) is 0 Å². The van der Waals surface area contributed by atoms with Crippen LogP contribution in [0.1, 0.15) is 42.7 Å². The quantitative estimate of drug-likeness (QED) is 0.888. The minimum absolute atomic E-state index is 0.342. The lowest BCUT2D eigenvalue weighted by Crippen LogP contribution is -2.38. The summed E-state index contributed by atoms with van der Waals surface area (Å²) in [6.45, 7) is 3.05. The highest BCUT2D eigenvalue weighted by molar-refractivity contribution is 7.16. The molecule has 3 unspecified atom stereocenters. The first kappa shape index (κ1) is 12.0. The van der Waals surface area contributed by atoms with E-state index in [-0.39, 0.29) is 0 Å². The van der Waals surface area contributed by atoms with Crippen molar-refractivity contribution in [2.45, 2.75) is 50.8 Å². The summed E-state index contributed by atoms with van der Waals surface area (Å²) in [5.41, 5.74) is 1.44. The molecule has 0 radical (unpaired) electrons. The third-order valence-electron chi connectivity index (χ3n) is 3.88. The molecule has 1 N–H and O–H groups in total. The van der Waals surface area contributed by atoms with Gasteiger partial charge < -0.3 is 10.1 Å². The van der Waals surface area contributed by atoms with E-state index in [2.05, 4.69) is 18.3 Å². The summed E-state index contributed by atoms with van der Waals surface area (Å²) in [4.78, 5) is 1.48. The first-order valence-corrected chi connectivity index (χ1v) is 7.59. The van der Waals surface area contributed by atoms with Gasteiger partial charge in [0, 0.05) is 23.6 Å². The largest absolute Gasteiger partial charge is 0.377 e. The van der Waals surface area contributed by atoms with E-state index in [0.717, 1.165) is 17.4 Å². The zero-order valence-electron chi connectivity index (χ0n) is 10.0. The monoisotopic (exact) mass is 271 g/mol. The Bertz CT molecular complexity index is 406. The Hall–Kier alpha value is -0.0900. The van der Waals surface area contributed by atoms with Crippen LogP contribution in [0.2, 0.25) is 4.34 Å². The summed E-state index contributed by atoms with van der Waals surface area (Å²) in [6.07, 6.45) is 5.16. The number of rotatable bonds is 2. The van der Waals surface area contributed by atoms with Gasteiger partial charge in [0.1, 0.15) is 0 Å². The lowest BCUT2D eigenvalue weighted by molar-refractivity contribution is 0.110. The van der Waals surface area contributed by atoms with E-state index >= 15 is 0 Å². The van der Waals surface area contributed by atoms with Crippen LogP contribution in [0.3, 0.4) is 0 Å². The van der Waals surface area contributed by atoms with Gasteiger partial charge in [-0.3, -0.25) is 0 Å². The molecule has 0 saturated carbocycles. The van der Waals surface area contributed by atoms with Crippen molar-refractivity contribution in [1.29, 1.82) is 0 Å². The molecule has 1 aromatic heterocycles. The van der Waals surface area contributed by atoms with E-state index in [1.54, 1.807) is 11.3 Å². The van der Waals surface area contributed by atoms with Gasteiger partial charge >= 0.3 is 0 Å². The molecule has 2 aliphatic rings. The van der Waals surface area contributed by atoms with Crippen LogP contribution in [-0.2, 0) is 11.2 Å². The molecule has 4 heteroatoms. The molecule has 3 rings (SSSR count). The van der Waals surface area contributed by atoms with Gasteiger partial charge in [0.05, 0.1) is 10.4 Å². The second-order valence-electron chi connectivity index (χ2n) is 5.01. The lowest BCUT2D eigenvalue weighted by Gasteiger charge is -2.28. The third kappa shape index (κ3) is 2.39. The van der Waals surface area contributed by atoms with Gasteiger partial charge in [0.15, 0.2) is 0 Å². The molecule has 3 atom stereocenters. The molecule has 1 saturated heterocycles. The standard InChI is InChI=1S/C13H18ClNOS/c1-8-10(5-6-16-8)15-11-3-2-4-12-9(11)7-13(14)17-12/h7-8,10-11,15H,2-6H2,1H3. The Kier molecular flexibility index (Phi) is 3.44. The second-order valence-corrected chi connectivity index (χ2v) is 6.78. The fraction of sp³-hybridized carbons (Fsp3) is 0.692. The van der Waals surface area contributed by atoms with Crippen LogP contribution in [0.4, 0.5) is 0 Å². The van der Waals surface area contributed by atoms with Gasteiger partial charge in [0.2, 0.25) is 0 Å². The van der Waals surface area contributed by atoms with E-state index in [4.69, 9.17) is 16.3 Å². The average molecular weight is 272 g/mol. The number of nitrogens with one attached hydrogen (secondary N) is 1. The number of fused-ring (bicyclic) bond motifs is 1. The first-order chi connectivity index (χ1) is 8.24. The molecule has 0 amide bonds. The molecule has 94 valence electrons. The van der Waals surface area contributed by atoms with Crippen LogP contribution in [0.25, 0.3) is 0 Å². The number of thiophene rings is 1. The maximum absolute atomic E-state index is 6.13. The van der Waals surface area contributed by atoms with Crippen LogP contribution in [0.5, 0.6) is 0 Å². The molecule has 0 spiro atoms. The first-order valence-electron chi connectivity index (χ1n) is 6.40. The van der Waals surface area contributed by atoms with Gasteiger partial charge in [-0.05, 0) is 44.2 Å². The summed E-state index contributed by atoms with van der Waals surface area (Å²) in [5, 5.41) is 3.76. The molecule has 2 nitrogen and oxygen atoms in total. The summed E-state index contributed by atoms with van der Waals surface area (Å²) in [5.74, 6) is 0. The highest BCUT2D eigenvalue weighted by atomic mass is 35.5. The van der Waals surface area contributed by atoms with Crippen molar-refractivity contribution in [3.05, 3.63) is 20.8 Å². The number of aryl methyl sites for hydroxylation is 1. The van der Waals surface area contributed by atoms with Gasteiger partial charge in [0.25, 0.3) is 0 Å². The van der Waals surface area contributed by atoms with Crippen molar-refractivity contribution in [3.63, 3.8) is 0 Å². The van der Waals surface area contributed by atoms with Crippen LogP contribution in [-0.4, -0.2) is 18.8 Å². The lowest BCUT2D eigenvalue weighted by atomic mass is 9.93. The molecule has 1 aromatic rings. The highest BCUT2D eigenvalue weighted by Gasteiger charge is 2.29. The number of halogens is 1. The molecule has 1 fully saturated rings. The maximum atomic E-state index is 6.13. The topological polar surface area (TPSA) is 21.3 Å². The minimum atomic E-state index is 0.342. The van der Waals surface area contributed by atoms with Crippen molar-refractivity contribution >= 4 is 22.9 Å². The van der Waals surface area contributed by atoms with Crippen molar-refractivity contribution in [2.75, 3.05) is 6.61 Å². The van der Waals surface area contributed by atoms with Gasteiger partial charge in [-0.1, -0.05) is 11.6 Å². The van der Waals surface area contributed by atoms with Crippen LogP contribution in [0.15, 0.2) is 6.07 Å². The Balaban J connectivity index is 1.76. The fourth-order valence-corrected chi connectivity index (χ4v) is 4.29. The highest BCUT2D eigenvalue weighted by Crippen LogP contribution is 2.38. The number of hydrogen-bond acceptors (Lipinski definition) is 3. The van der Waals surface area contributed by atoms with Crippen LogP contribution < -0.4 is 5.32 Å². The van der Waals surface area contributed by atoms with Gasteiger partial charge in [-0.25, -0.2) is 0 Å². The normalized spacial score (nSPS) is 32.7. The van der Waals surface area contributed by atoms with E-state index in [9.17, 15) is 0 Å². The zero-order chi connectivity index (χ0) is 11.8. The maximum Gasteiger partial charge on any atom is 0.0934 e. The SMILES string of the molecule is CC1OCCC1NC1CCCc2sc(Cl)cc21. The zero-order valence-corrected chi connectivity index (χ0v) is 11.6. The van der Waals surface area contributed by atoms with E-state index in [1.165, 1.54) is 29.7 Å². The van der Waals surface area contributed by atoms with E-state index < -0.39 is 0 Å². The predicted molar refractivity (Wildman–Crippen MR) is 72.0 cm³/mol. The molecule has 0 aromatic carbocycles. The second kappa shape index (κ2) is 4.88. The average Bonchev–Trinajstić information content (AvgIpc) is 2.85. The number of hydrogen-bond donors (Lipinski definition) is 1. The Labute approximate surface area is 111 Å². The molecule has 1 aliphatic heterocycles. The fourth-order valence-electron chi connectivity index (χ4n) is 2.90. The smallest absolute Gasteiger partial charge is 0.0934 e. The van der Waals surface area contributed by atoms with Crippen LogP contribution in [0, 0.1) is 0 Å². The van der Waals surface area contributed by atoms with Crippen LogP contribution >= 0.6 is 22.9 Å². The molecule has 0 bridgehead atoms. The molecule has 17 heavy (non-hydrogen) atoms. The van der Waals surface area contributed by atoms with Crippen molar-refractivity contribution in [3.8, 4) is 0 Å². The molecule has 2 heterocycles. The summed E-state index contributed by atoms with van der Waals surface area (Å²) in [6, 6.07) is 3.14. The summed E-state index contributed by atoms with van der Waals surface area (Å²) in [7, 11) is 0. The van der Waals surface area contributed by atoms with Gasteiger partial charge in [-0.15, -0.1) is 11.3 Å².